The number of hydrogen-bond donors (Lipinski definition) is 2. The zero-order chi connectivity index (χ0) is 20.1. The Hall–Kier alpha value is -3.41. The molecule has 0 spiro atoms. The summed E-state index contributed by atoms with van der Waals surface area (Å²) in [5, 5.41) is 6.04. The van der Waals surface area contributed by atoms with Crippen molar-refractivity contribution >= 4 is 28.9 Å². The van der Waals surface area contributed by atoms with E-state index < -0.39 is 0 Å². The Bertz CT molecular complexity index is 963. The molecule has 0 atom stereocenters. The fourth-order valence-corrected chi connectivity index (χ4v) is 3.40. The molecule has 4 rings (SSSR count). The number of amides is 1. The van der Waals surface area contributed by atoms with Crippen LogP contribution >= 0.6 is 0 Å². The maximum Gasteiger partial charge on any atom is 0.227 e. The lowest BCUT2D eigenvalue weighted by atomic mass is 10.1. The number of rotatable bonds is 5. The third-order valence-corrected chi connectivity index (χ3v) is 4.85. The molecule has 1 fully saturated rings. The summed E-state index contributed by atoms with van der Waals surface area (Å²) in [5.74, 6) is 0.463. The van der Waals surface area contributed by atoms with Crippen LogP contribution in [-0.4, -0.2) is 29.0 Å². The summed E-state index contributed by atoms with van der Waals surface area (Å²) in [6.45, 7) is 3.66. The van der Waals surface area contributed by atoms with Gasteiger partial charge in [-0.15, -0.1) is 0 Å². The van der Waals surface area contributed by atoms with Crippen molar-refractivity contribution < 1.29 is 4.79 Å². The van der Waals surface area contributed by atoms with Gasteiger partial charge in [0.2, 0.25) is 11.9 Å². The Kier molecular flexibility index (Phi) is 5.70. The number of aromatic nitrogens is 2. The summed E-state index contributed by atoms with van der Waals surface area (Å²) in [6.07, 6.45) is 6.38. The van der Waals surface area contributed by atoms with Gasteiger partial charge in [-0.25, -0.2) is 9.97 Å². The molecule has 0 bridgehead atoms. The predicted molar refractivity (Wildman–Crippen MR) is 117 cm³/mol. The molecule has 2 aromatic carbocycles. The van der Waals surface area contributed by atoms with Gasteiger partial charge in [-0.2, -0.15) is 0 Å². The third-order valence-electron chi connectivity index (χ3n) is 4.85. The Balaban J connectivity index is 1.45. The Morgan fingerprint density at radius 1 is 0.931 bits per heavy atom. The van der Waals surface area contributed by atoms with Gasteiger partial charge in [-0.1, -0.05) is 12.1 Å². The van der Waals surface area contributed by atoms with Crippen LogP contribution in [0, 0.1) is 6.42 Å². The molecule has 1 saturated heterocycles. The molecule has 1 amide bonds. The van der Waals surface area contributed by atoms with Crippen molar-refractivity contribution in [3.63, 3.8) is 0 Å². The van der Waals surface area contributed by atoms with E-state index in [4.69, 9.17) is 0 Å². The quantitative estimate of drug-likeness (QED) is 0.668. The van der Waals surface area contributed by atoms with E-state index in [9.17, 15) is 4.79 Å². The largest absolute Gasteiger partial charge is 0.372 e. The first kappa shape index (κ1) is 18.9. The zero-order valence-corrected chi connectivity index (χ0v) is 16.4. The lowest BCUT2D eigenvalue weighted by Crippen LogP contribution is -2.29. The van der Waals surface area contributed by atoms with Gasteiger partial charge in [-0.3, -0.25) is 4.79 Å². The minimum absolute atomic E-state index is 0.0871. The van der Waals surface area contributed by atoms with E-state index in [2.05, 4.69) is 56.2 Å². The molecule has 147 valence electrons. The second-order valence-corrected chi connectivity index (χ2v) is 7.05. The third kappa shape index (κ3) is 4.90. The first-order chi connectivity index (χ1) is 14.2. The molecule has 2 N–H and O–H groups in total. The second kappa shape index (κ2) is 8.73. The topological polar surface area (TPSA) is 70.2 Å². The minimum atomic E-state index is -0.0871. The number of benzene rings is 2. The van der Waals surface area contributed by atoms with Gasteiger partial charge in [0.1, 0.15) is 0 Å². The summed E-state index contributed by atoms with van der Waals surface area (Å²) in [7, 11) is 0. The van der Waals surface area contributed by atoms with E-state index in [-0.39, 0.29) is 5.91 Å². The Morgan fingerprint density at radius 3 is 2.31 bits per heavy atom. The van der Waals surface area contributed by atoms with E-state index in [1.54, 1.807) is 6.20 Å². The molecular weight excluding hydrogens is 362 g/mol. The summed E-state index contributed by atoms with van der Waals surface area (Å²) in [4.78, 5) is 22.5. The predicted octanol–water partition coefficient (Wildman–Crippen LogP) is 4.65. The lowest BCUT2D eigenvalue weighted by molar-refractivity contribution is -0.114. The van der Waals surface area contributed by atoms with Crippen molar-refractivity contribution in [2.75, 3.05) is 28.6 Å². The van der Waals surface area contributed by atoms with Crippen molar-refractivity contribution in [1.29, 1.82) is 0 Å². The maximum atomic E-state index is 11.2. The maximum absolute atomic E-state index is 11.2. The highest BCUT2D eigenvalue weighted by Gasteiger charge is 2.11. The average molecular weight is 386 g/mol. The molecule has 1 aliphatic rings. The van der Waals surface area contributed by atoms with Crippen molar-refractivity contribution in [2.24, 2.45) is 0 Å². The molecule has 29 heavy (non-hydrogen) atoms. The van der Waals surface area contributed by atoms with Crippen molar-refractivity contribution in [2.45, 2.75) is 19.8 Å². The van der Waals surface area contributed by atoms with Crippen molar-refractivity contribution in [3.05, 3.63) is 67.2 Å². The summed E-state index contributed by atoms with van der Waals surface area (Å²) >= 11 is 0. The van der Waals surface area contributed by atoms with Crippen LogP contribution < -0.4 is 15.5 Å². The van der Waals surface area contributed by atoms with E-state index in [1.807, 2.05) is 30.3 Å². The first-order valence-electron chi connectivity index (χ1n) is 9.82. The average Bonchev–Trinajstić information content (AvgIpc) is 2.75. The number of carbonyl (C=O) groups is 1. The molecule has 1 radical (unpaired) electrons. The molecule has 6 heteroatoms. The van der Waals surface area contributed by atoms with Crippen molar-refractivity contribution in [1.82, 2.24) is 9.97 Å². The highest BCUT2D eigenvalue weighted by Crippen LogP contribution is 2.24. The standard InChI is InChI=1S/C23H24N5O/c1-17(29)25-19-7-5-18(6-8-19)22-13-14-24-23(27-22)26-20-9-11-21(12-10-20)28-15-3-2-4-16-28/h2,5-14H,3-4,15-16H2,1H3,(H,25,29)(H,24,26,27). The van der Waals surface area contributed by atoms with Crippen LogP contribution in [0.25, 0.3) is 11.3 Å². The lowest BCUT2D eigenvalue weighted by Gasteiger charge is -2.28. The van der Waals surface area contributed by atoms with Crippen LogP contribution in [0.2, 0.25) is 0 Å². The second-order valence-electron chi connectivity index (χ2n) is 7.05. The van der Waals surface area contributed by atoms with Crippen LogP contribution in [0.3, 0.4) is 0 Å². The smallest absolute Gasteiger partial charge is 0.227 e. The minimum Gasteiger partial charge on any atom is -0.372 e. The number of anilines is 4. The SMILES string of the molecule is CC(=O)Nc1ccc(-c2ccnc(Nc3ccc(N4CC[CH]CC4)cc3)n2)cc1. The van der Waals surface area contributed by atoms with Crippen LogP contribution in [0.5, 0.6) is 0 Å². The number of nitrogens with zero attached hydrogens (tertiary/aromatic N) is 3. The summed E-state index contributed by atoms with van der Waals surface area (Å²) < 4.78 is 0. The first-order valence-corrected chi connectivity index (χ1v) is 9.82. The fourth-order valence-electron chi connectivity index (χ4n) is 3.40. The number of nitrogens with one attached hydrogen (secondary N) is 2. The molecular formula is C23H24N5O. The molecule has 3 aromatic rings. The van der Waals surface area contributed by atoms with Crippen LogP contribution in [0.1, 0.15) is 19.8 Å². The molecule has 1 aliphatic heterocycles. The van der Waals surface area contributed by atoms with Gasteiger partial charge in [0.15, 0.2) is 0 Å². The van der Waals surface area contributed by atoms with E-state index >= 15 is 0 Å². The van der Waals surface area contributed by atoms with Gasteiger partial charge in [0.25, 0.3) is 0 Å². The molecule has 0 aliphatic carbocycles. The van der Waals surface area contributed by atoms with E-state index in [0.717, 1.165) is 48.6 Å². The Labute approximate surface area is 171 Å². The normalized spacial score (nSPS) is 13.8. The highest BCUT2D eigenvalue weighted by atomic mass is 16.1. The van der Waals surface area contributed by atoms with Crippen LogP contribution in [0.15, 0.2) is 60.8 Å². The van der Waals surface area contributed by atoms with Gasteiger partial charge < -0.3 is 15.5 Å². The molecule has 0 saturated carbocycles. The monoisotopic (exact) mass is 386 g/mol. The van der Waals surface area contributed by atoms with Crippen LogP contribution in [0.4, 0.5) is 23.0 Å². The van der Waals surface area contributed by atoms with Crippen molar-refractivity contribution in [3.8, 4) is 11.3 Å². The van der Waals surface area contributed by atoms with Crippen LogP contribution in [-0.2, 0) is 4.79 Å². The number of hydrogen-bond acceptors (Lipinski definition) is 5. The fraction of sp³-hybridized carbons (Fsp3) is 0.217. The summed E-state index contributed by atoms with van der Waals surface area (Å²) in [5.41, 5.74) is 4.74. The zero-order valence-electron chi connectivity index (χ0n) is 16.4. The Morgan fingerprint density at radius 2 is 1.62 bits per heavy atom. The number of piperidine rings is 1. The molecule has 2 heterocycles. The number of carbonyl (C=O) groups excluding carboxylic acids is 1. The van der Waals surface area contributed by atoms with Gasteiger partial charge >= 0.3 is 0 Å². The van der Waals surface area contributed by atoms with Gasteiger partial charge in [0.05, 0.1) is 5.69 Å². The highest BCUT2D eigenvalue weighted by molar-refractivity contribution is 5.88. The molecule has 0 unspecified atom stereocenters. The van der Waals surface area contributed by atoms with Gasteiger partial charge in [-0.05, 0) is 61.7 Å². The summed E-state index contributed by atoms with van der Waals surface area (Å²) in [6, 6.07) is 17.9. The molecule has 6 nitrogen and oxygen atoms in total. The van der Waals surface area contributed by atoms with E-state index in [0.29, 0.717) is 5.95 Å². The van der Waals surface area contributed by atoms with E-state index in [1.165, 1.54) is 12.6 Å². The van der Waals surface area contributed by atoms with Gasteiger partial charge in [0, 0.05) is 48.8 Å². The molecule has 1 aromatic heterocycles.